The summed E-state index contributed by atoms with van der Waals surface area (Å²) in [5.74, 6) is -1.73. The summed E-state index contributed by atoms with van der Waals surface area (Å²) in [6, 6.07) is 21.3. The van der Waals surface area contributed by atoms with Gasteiger partial charge in [-0.25, -0.2) is 27.5 Å². The fourth-order valence-electron chi connectivity index (χ4n) is 6.20. The highest BCUT2D eigenvalue weighted by Gasteiger charge is 2.52. The van der Waals surface area contributed by atoms with E-state index < -0.39 is 41.7 Å². The van der Waals surface area contributed by atoms with Crippen LogP contribution >= 0.6 is 47.8 Å². The van der Waals surface area contributed by atoms with Gasteiger partial charge in [0.15, 0.2) is 46.2 Å². The van der Waals surface area contributed by atoms with Crippen LogP contribution < -0.4 is 21.7 Å². The quantitative estimate of drug-likeness (QED) is 0.0387. The second-order valence-electron chi connectivity index (χ2n) is 16.2. The molecule has 0 amide bonds. The molecular formula is C49H56BBr3F4N4O9. The Morgan fingerprint density at radius 1 is 0.643 bits per heavy atom. The summed E-state index contributed by atoms with van der Waals surface area (Å²) in [5, 5.41) is 8.89. The number of anilines is 2. The number of aromatic nitrogens is 2. The molecule has 0 spiro atoms. The number of rotatable bonds is 10. The number of fused-ring (bicyclic) bond motifs is 2. The Bertz CT molecular complexity index is 2770. The zero-order chi connectivity index (χ0) is 52.1. The van der Waals surface area contributed by atoms with Gasteiger partial charge >= 0.3 is 7.12 Å². The van der Waals surface area contributed by atoms with Crippen molar-refractivity contribution in [3.05, 3.63) is 133 Å². The fourth-order valence-corrected chi connectivity index (χ4v) is 7.44. The van der Waals surface area contributed by atoms with E-state index in [4.69, 9.17) is 53.7 Å². The third-order valence-electron chi connectivity index (χ3n) is 10.2. The molecule has 5 N–H and O–H groups in total. The number of nitrogens with zero attached hydrogens (tertiary/aromatic N) is 2. The van der Waals surface area contributed by atoms with E-state index in [9.17, 15) is 17.6 Å². The molecule has 0 atom stereocenters. The first-order valence-electron chi connectivity index (χ1n) is 21.7. The Morgan fingerprint density at radius 3 is 1.59 bits per heavy atom. The maximum atomic E-state index is 14.1. The number of hydrogen-bond donors (Lipinski definition) is 3. The van der Waals surface area contributed by atoms with Crippen molar-refractivity contribution < 1.29 is 59.8 Å². The third kappa shape index (κ3) is 16.1. The number of aromatic hydroxyl groups is 1. The lowest BCUT2D eigenvalue weighted by atomic mass is 9.79. The summed E-state index contributed by atoms with van der Waals surface area (Å²) in [5.41, 5.74) is 12.6. The van der Waals surface area contributed by atoms with E-state index in [1.165, 1.54) is 30.3 Å². The van der Waals surface area contributed by atoms with Gasteiger partial charge in [0.05, 0.1) is 11.2 Å². The Balaban J connectivity index is 0.000000196. The standard InChI is InChI=1S/C14H17BFNO3.C13H11BrFNO.C8H5BrFNO.C8H18O3.C6H5BrFNO/c1-8-17-12-10(16)6-9(7-11(12)18-8)15-19-13(2,3)14(4,5)20-15;14-10-6-11(15)13(16)12(7-10)17-8-9-4-2-1-3-5-9;1-4-11-8-6(10)2-5(9)3-7(8)12-4;1-5-9-8(4,10-6-2)11-7-3;7-3-1-4(8)6(9)5(10)2-3/h6-7H,1-5H3;1-7H,8,16H2;2-3H,1H3;5-7H2,1-4H3;1-2,10H,9H2. The number of aryl methyl sites for hydroxylation is 2. The van der Waals surface area contributed by atoms with Crippen LogP contribution in [0, 0.1) is 37.1 Å². The van der Waals surface area contributed by atoms with Crippen LogP contribution in [0.1, 0.15) is 72.7 Å². The van der Waals surface area contributed by atoms with Crippen LogP contribution in [0.2, 0.25) is 0 Å². The number of phenolic OH excluding ortho intramolecular Hbond substituents is 1. The lowest BCUT2D eigenvalue weighted by Gasteiger charge is -2.32. The van der Waals surface area contributed by atoms with Gasteiger partial charge in [-0.05, 0) is 108 Å². The van der Waals surface area contributed by atoms with Crippen molar-refractivity contribution in [3.63, 3.8) is 0 Å². The molecule has 0 aliphatic carbocycles. The minimum Gasteiger partial charge on any atom is -0.506 e. The molecule has 0 saturated carbocycles. The summed E-state index contributed by atoms with van der Waals surface area (Å²) in [6.07, 6.45) is 0. The highest BCUT2D eigenvalue weighted by molar-refractivity contribution is 9.11. The molecular weight excluding hydrogens is 1120 g/mol. The van der Waals surface area contributed by atoms with Crippen molar-refractivity contribution in [1.29, 1.82) is 0 Å². The smallest absolute Gasteiger partial charge is 0.495 e. The van der Waals surface area contributed by atoms with Gasteiger partial charge in [-0.15, -0.1) is 0 Å². The lowest BCUT2D eigenvalue weighted by Crippen LogP contribution is -2.41. The third-order valence-corrected chi connectivity index (χ3v) is 11.6. The number of nitrogens with two attached hydrogens (primary N) is 2. The zero-order valence-corrected chi connectivity index (χ0v) is 45.1. The summed E-state index contributed by atoms with van der Waals surface area (Å²) in [6.45, 7) is 20.9. The van der Waals surface area contributed by atoms with Crippen LogP contribution in [0.25, 0.3) is 22.2 Å². The van der Waals surface area contributed by atoms with Crippen molar-refractivity contribution >= 4 is 93.9 Å². The molecule has 70 heavy (non-hydrogen) atoms. The van der Waals surface area contributed by atoms with Crippen molar-refractivity contribution in [2.45, 2.75) is 93.0 Å². The van der Waals surface area contributed by atoms with Gasteiger partial charge < -0.3 is 53.7 Å². The average molecular weight is 1170 g/mol. The van der Waals surface area contributed by atoms with Gasteiger partial charge in [0.1, 0.15) is 40.5 Å². The Morgan fingerprint density at radius 2 is 1.09 bits per heavy atom. The van der Waals surface area contributed by atoms with Crippen LogP contribution in [0.3, 0.4) is 0 Å². The van der Waals surface area contributed by atoms with Crippen LogP contribution in [0.5, 0.6) is 11.5 Å². The topological polar surface area (TPSA) is 180 Å². The van der Waals surface area contributed by atoms with Gasteiger partial charge in [-0.1, -0.05) is 78.1 Å². The number of hydrogen-bond acceptors (Lipinski definition) is 13. The molecule has 378 valence electrons. The molecule has 1 aliphatic heterocycles. The Hall–Kier alpha value is -4.74. The lowest BCUT2D eigenvalue weighted by molar-refractivity contribution is -0.365. The first kappa shape index (κ1) is 57.8. The number of phenols is 1. The van der Waals surface area contributed by atoms with Gasteiger partial charge in [-0.3, -0.25) is 0 Å². The Kier molecular flexibility index (Phi) is 21.1. The minimum absolute atomic E-state index is 0.0316. The highest BCUT2D eigenvalue weighted by Crippen LogP contribution is 2.37. The first-order chi connectivity index (χ1) is 32.8. The number of benzene rings is 5. The molecule has 21 heteroatoms. The summed E-state index contributed by atoms with van der Waals surface area (Å²) < 4.78 is 98.4. The van der Waals surface area contributed by atoms with Gasteiger partial charge in [0.2, 0.25) is 0 Å². The molecule has 1 fully saturated rings. The second-order valence-corrected chi connectivity index (χ2v) is 18.9. The minimum atomic E-state index is -0.849. The van der Waals surface area contributed by atoms with Crippen molar-refractivity contribution in [2.24, 2.45) is 0 Å². The predicted molar refractivity (Wildman–Crippen MR) is 274 cm³/mol. The molecule has 0 radical (unpaired) electrons. The molecule has 5 aromatic carbocycles. The van der Waals surface area contributed by atoms with Gasteiger partial charge in [0, 0.05) is 54.0 Å². The van der Waals surface area contributed by atoms with E-state index in [2.05, 4.69) is 57.8 Å². The van der Waals surface area contributed by atoms with Crippen LogP contribution in [-0.4, -0.2) is 59.2 Å². The molecule has 0 unspecified atom stereocenters. The number of oxazole rings is 2. The molecule has 2 aromatic heterocycles. The van der Waals surface area contributed by atoms with Crippen molar-refractivity contribution in [3.8, 4) is 11.5 Å². The SMILES string of the molecule is CCOC(C)(OCC)OCC.Cc1nc2c(F)cc(B3OC(C)(C)C(C)(C)O3)cc2o1.Cc1nc2c(F)cc(Br)cc2o1.Nc1c(F)cc(Br)cc1OCc1ccccc1.Nc1c(O)cc(Br)cc1F. The normalized spacial score (nSPS) is 13.6. The van der Waals surface area contributed by atoms with E-state index in [1.54, 1.807) is 39.0 Å². The van der Waals surface area contributed by atoms with Crippen LogP contribution in [0.4, 0.5) is 28.9 Å². The maximum absolute atomic E-state index is 14.1. The van der Waals surface area contributed by atoms with E-state index in [-0.39, 0.29) is 34.0 Å². The number of halogens is 7. The van der Waals surface area contributed by atoms with Crippen LogP contribution in [-0.2, 0) is 30.1 Å². The maximum Gasteiger partial charge on any atom is 0.495 e. The molecule has 7 aromatic rings. The zero-order valence-electron chi connectivity index (χ0n) is 40.3. The average Bonchev–Trinajstić information content (AvgIpc) is 3.92. The molecule has 0 bridgehead atoms. The second kappa shape index (κ2) is 25.6. The summed E-state index contributed by atoms with van der Waals surface area (Å²) in [7, 11) is -0.607. The highest BCUT2D eigenvalue weighted by atomic mass is 79.9. The molecule has 3 heterocycles. The monoisotopic (exact) mass is 1170 g/mol. The van der Waals surface area contributed by atoms with Crippen molar-refractivity contribution in [1.82, 2.24) is 9.97 Å². The first-order valence-corrected chi connectivity index (χ1v) is 24.1. The van der Waals surface area contributed by atoms with E-state index in [0.717, 1.165) is 5.56 Å². The number of ether oxygens (including phenoxy) is 4. The fraction of sp³-hybridized carbons (Fsp3) is 0.347. The largest absolute Gasteiger partial charge is 0.506 e. The van der Waals surface area contributed by atoms with Gasteiger partial charge in [0.25, 0.3) is 5.97 Å². The predicted octanol–water partition coefficient (Wildman–Crippen LogP) is 13.0. The Labute approximate surface area is 430 Å². The number of nitrogen functional groups attached to an aromatic ring is 2. The summed E-state index contributed by atoms with van der Waals surface area (Å²) in [4.78, 5) is 7.91. The van der Waals surface area contributed by atoms with Crippen molar-refractivity contribution in [2.75, 3.05) is 31.3 Å². The van der Waals surface area contributed by atoms with E-state index in [1.807, 2.05) is 78.8 Å². The molecule has 13 nitrogen and oxygen atoms in total. The van der Waals surface area contributed by atoms with Crippen LogP contribution in [0.15, 0.2) is 101 Å². The summed E-state index contributed by atoms with van der Waals surface area (Å²) >= 11 is 9.35. The van der Waals surface area contributed by atoms with Gasteiger partial charge in [-0.2, -0.15) is 0 Å². The van der Waals surface area contributed by atoms with E-state index in [0.29, 0.717) is 74.0 Å². The molecule has 1 saturated heterocycles. The molecule has 8 rings (SSSR count). The van der Waals surface area contributed by atoms with E-state index >= 15 is 0 Å². The molecule has 1 aliphatic rings.